The number of likely N-dealkylation sites (tertiary alicyclic amines) is 1. The minimum absolute atomic E-state index is 0.0346. The number of aromatic amines is 1. The van der Waals surface area contributed by atoms with Gasteiger partial charge < -0.3 is 9.88 Å². The van der Waals surface area contributed by atoms with E-state index in [0.717, 1.165) is 51.6 Å². The van der Waals surface area contributed by atoms with Crippen LogP contribution >= 0.6 is 12.2 Å². The molecule has 2 fully saturated rings. The number of piperidine rings is 1. The lowest BCUT2D eigenvalue weighted by molar-refractivity contribution is 0.0724. The first-order valence-corrected chi connectivity index (χ1v) is 10.1. The van der Waals surface area contributed by atoms with Gasteiger partial charge in [0.1, 0.15) is 0 Å². The Balaban J connectivity index is 1.72. The molecule has 1 saturated carbocycles. The molecule has 1 amide bonds. The SMILES string of the molecule is O=C(c1ccc2c(=O)n(C3CCCCC3)c(=S)[nH]c2c1)N1CCCCC1. The normalized spacial score (nSPS) is 19.0. The van der Waals surface area contributed by atoms with E-state index < -0.39 is 0 Å². The average molecular weight is 372 g/mol. The van der Waals surface area contributed by atoms with Crippen LogP contribution in [0.2, 0.25) is 0 Å². The summed E-state index contributed by atoms with van der Waals surface area (Å²) in [5.74, 6) is 0.0439. The molecule has 26 heavy (non-hydrogen) atoms. The van der Waals surface area contributed by atoms with Gasteiger partial charge in [0.05, 0.1) is 10.9 Å². The number of H-pyrrole nitrogens is 1. The standard InChI is InChI=1S/C20H25N3O2S/c24-18(22-11-5-2-6-12-22)14-9-10-16-17(13-14)21-20(26)23(19(16)25)15-7-3-1-4-8-15/h9-10,13,15H,1-8,11-12H2,(H,21,26). The fraction of sp³-hybridized carbons (Fsp3) is 0.550. The number of carbonyl (C=O) groups is 1. The zero-order valence-corrected chi connectivity index (χ0v) is 15.8. The lowest BCUT2D eigenvalue weighted by Gasteiger charge is -2.27. The van der Waals surface area contributed by atoms with Crippen LogP contribution in [-0.4, -0.2) is 33.4 Å². The van der Waals surface area contributed by atoms with Crippen molar-refractivity contribution < 1.29 is 4.79 Å². The summed E-state index contributed by atoms with van der Waals surface area (Å²) >= 11 is 5.49. The predicted molar refractivity (Wildman–Crippen MR) is 105 cm³/mol. The lowest BCUT2D eigenvalue weighted by atomic mass is 9.95. The quantitative estimate of drug-likeness (QED) is 0.805. The zero-order chi connectivity index (χ0) is 18.1. The summed E-state index contributed by atoms with van der Waals surface area (Å²) in [6.07, 6.45) is 8.86. The van der Waals surface area contributed by atoms with Gasteiger partial charge in [0.25, 0.3) is 11.5 Å². The molecule has 2 aliphatic rings. The van der Waals surface area contributed by atoms with E-state index in [4.69, 9.17) is 12.2 Å². The molecule has 1 aromatic heterocycles. The van der Waals surface area contributed by atoms with Gasteiger partial charge in [-0.05, 0) is 62.5 Å². The van der Waals surface area contributed by atoms with Crippen molar-refractivity contribution in [2.24, 2.45) is 0 Å². The minimum atomic E-state index is -0.0346. The van der Waals surface area contributed by atoms with E-state index in [9.17, 15) is 9.59 Å². The second-order valence-corrected chi connectivity index (χ2v) is 7.90. The molecule has 1 aliphatic carbocycles. The highest BCUT2D eigenvalue weighted by Crippen LogP contribution is 2.27. The van der Waals surface area contributed by atoms with Crippen LogP contribution in [0.3, 0.4) is 0 Å². The molecule has 0 atom stereocenters. The maximum atomic E-state index is 13.0. The molecule has 138 valence electrons. The second kappa shape index (κ2) is 7.35. The Bertz CT molecular complexity index is 934. The second-order valence-electron chi connectivity index (χ2n) is 7.51. The molecular weight excluding hydrogens is 346 g/mol. The van der Waals surface area contributed by atoms with Gasteiger partial charge >= 0.3 is 0 Å². The Morgan fingerprint density at radius 1 is 1.04 bits per heavy atom. The summed E-state index contributed by atoms with van der Waals surface area (Å²) in [5.41, 5.74) is 1.25. The fourth-order valence-corrected chi connectivity index (χ4v) is 4.66. The molecule has 2 aromatic rings. The molecule has 4 rings (SSSR count). The maximum Gasteiger partial charge on any atom is 0.262 e. The summed E-state index contributed by atoms with van der Waals surface area (Å²) in [6.45, 7) is 1.63. The summed E-state index contributed by atoms with van der Waals surface area (Å²) in [4.78, 5) is 30.8. The van der Waals surface area contributed by atoms with Crippen LogP contribution in [-0.2, 0) is 0 Å². The highest BCUT2D eigenvalue weighted by Gasteiger charge is 2.21. The monoisotopic (exact) mass is 371 g/mol. The number of nitrogens with zero attached hydrogens (tertiary/aromatic N) is 2. The molecular formula is C20H25N3O2S. The van der Waals surface area contributed by atoms with E-state index >= 15 is 0 Å². The highest BCUT2D eigenvalue weighted by atomic mass is 32.1. The number of hydrogen-bond donors (Lipinski definition) is 1. The molecule has 2 heterocycles. The van der Waals surface area contributed by atoms with Crippen molar-refractivity contribution in [1.29, 1.82) is 0 Å². The fourth-order valence-electron chi connectivity index (χ4n) is 4.32. The molecule has 0 spiro atoms. The van der Waals surface area contributed by atoms with Crippen molar-refractivity contribution in [3.05, 3.63) is 38.9 Å². The maximum absolute atomic E-state index is 13.0. The molecule has 1 aromatic carbocycles. The van der Waals surface area contributed by atoms with Crippen LogP contribution in [0, 0.1) is 4.77 Å². The van der Waals surface area contributed by atoms with E-state index in [-0.39, 0.29) is 17.5 Å². The molecule has 0 unspecified atom stereocenters. The van der Waals surface area contributed by atoms with Crippen molar-refractivity contribution in [3.63, 3.8) is 0 Å². The van der Waals surface area contributed by atoms with Gasteiger partial charge in [0.15, 0.2) is 4.77 Å². The molecule has 0 bridgehead atoms. The predicted octanol–water partition coefficient (Wildman–Crippen LogP) is 4.19. The van der Waals surface area contributed by atoms with Crippen molar-refractivity contribution in [2.45, 2.75) is 57.4 Å². The van der Waals surface area contributed by atoms with Gasteiger partial charge in [-0.3, -0.25) is 14.2 Å². The average Bonchev–Trinajstić information content (AvgIpc) is 2.68. The number of aromatic nitrogens is 2. The smallest absolute Gasteiger partial charge is 0.262 e. The number of amides is 1. The summed E-state index contributed by atoms with van der Waals surface area (Å²) in [7, 11) is 0. The summed E-state index contributed by atoms with van der Waals surface area (Å²) < 4.78 is 2.22. The van der Waals surface area contributed by atoms with Crippen LogP contribution in [0.5, 0.6) is 0 Å². The number of nitrogens with one attached hydrogen (secondary N) is 1. The first-order chi connectivity index (χ1) is 12.6. The Morgan fingerprint density at radius 2 is 1.73 bits per heavy atom. The first-order valence-electron chi connectivity index (χ1n) is 9.73. The van der Waals surface area contributed by atoms with Crippen LogP contribution in [0.4, 0.5) is 0 Å². The minimum Gasteiger partial charge on any atom is -0.339 e. The van der Waals surface area contributed by atoms with Crippen molar-refractivity contribution in [1.82, 2.24) is 14.5 Å². The molecule has 1 N–H and O–H groups in total. The Hall–Kier alpha value is -1.95. The van der Waals surface area contributed by atoms with E-state index in [1.807, 2.05) is 4.90 Å². The molecule has 1 saturated heterocycles. The van der Waals surface area contributed by atoms with Gasteiger partial charge in [0.2, 0.25) is 0 Å². The van der Waals surface area contributed by atoms with Crippen molar-refractivity contribution in [2.75, 3.05) is 13.1 Å². The largest absolute Gasteiger partial charge is 0.339 e. The Labute approximate surface area is 158 Å². The number of benzene rings is 1. The van der Waals surface area contributed by atoms with Gasteiger partial charge in [-0.25, -0.2) is 0 Å². The summed E-state index contributed by atoms with van der Waals surface area (Å²) in [5, 5.41) is 0.611. The molecule has 5 nitrogen and oxygen atoms in total. The van der Waals surface area contributed by atoms with Gasteiger partial charge in [0, 0.05) is 24.7 Å². The van der Waals surface area contributed by atoms with Crippen molar-refractivity contribution >= 4 is 29.0 Å². The van der Waals surface area contributed by atoms with Crippen LogP contribution in [0.25, 0.3) is 10.9 Å². The van der Waals surface area contributed by atoms with E-state index in [1.165, 1.54) is 12.8 Å². The number of carbonyl (C=O) groups excluding carboxylic acids is 1. The van der Waals surface area contributed by atoms with E-state index in [0.29, 0.717) is 21.2 Å². The summed E-state index contributed by atoms with van der Waals surface area (Å²) in [6, 6.07) is 5.54. The topological polar surface area (TPSA) is 58.1 Å². The third-order valence-corrected chi connectivity index (χ3v) is 6.06. The number of fused-ring (bicyclic) bond motifs is 1. The highest BCUT2D eigenvalue weighted by molar-refractivity contribution is 7.71. The first kappa shape index (κ1) is 17.5. The third kappa shape index (κ3) is 3.22. The Morgan fingerprint density at radius 3 is 2.46 bits per heavy atom. The van der Waals surface area contributed by atoms with E-state index in [1.54, 1.807) is 22.8 Å². The molecule has 1 aliphatic heterocycles. The number of hydrogen-bond acceptors (Lipinski definition) is 3. The van der Waals surface area contributed by atoms with Gasteiger partial charge in [-0.15, -0.1) is 0 Å². The number of rotatable bonds is 2. The lowest BCUT2D eigenvalue weighted by Crippen LogP contribution is -2.35. The molecule has 0 radical (unpaired) electrons. The molecule has 6 heteroatoms. The van der Waals surface area contributed by atoms with Crippen molar-refractivity contribution in [3.8, 4) is 0 Å². The van der Waals surface area contributed by atoms with Crippen LogP contribution in [0.15, 0.2) is 23.0 Å². The zero-order valence-electron chi connectivity index (χ0n) is 15.0. The van der Waals surface area contributed by atoms with Crippen LogP contribution < -0.4 is 5.56 Å². The van der Waals surface area contributed by atoms with Crippen LogP contribution in [0.1, 0.15) is 67.8 Å². The van der Waals surface area contributed by atoms with E-state index in [2.05, 4.69) is 4.98 Å². The third-order valence-electron chi connectivity index (χ3n) is 5.76. The van der Waals surface area contributed by atoms with Gasteiger partial charge in [-0.2, -0.15) is 0 Å². The van der Waals surface area contributed by atoms with Gasteiger partial charge in [-0.1, -0.05) is 19.3 Å². The Kier molecular flexibility index (Phi) is 4.94.